The molecule has 0 aliphatic carbocycles. The first-order chi connectivity index (χ1) is 9.67. The van der Waals surface area contributed by atoms with Gasteiger partial charge in [0, 0.05) is 18.6 Å². The third-order valence-electron chi connectivity index (χ3n) is 3.07. The predicted molar refractivity (Wildman–Crippen MR) is 86.4 cm³/mol. The van der Waals surface area contributed by atoms with Crippen molar-refractivity contribution in [1.82, 2.24) is 10.6 Å². The van der Waals surface area contributed by atoms with Gasteiger partial charge in [-0.05, 0) is 47.1 Å². The van der Waals surface area contributed by atoms with Crippen LogP contribution >= 0.6 is 0 Å². The van der Waals surface area contributed by atoms with Crippen molar-refractivity contribution in [3.8, 4) is 0 Å². The zero-order valence-electron chi connectivity index (χ0n) is 14.0. The fourth-order valence-electron chi connectivity index (χ4n) is 1.89. The predicted octanol–water partition coefficient (Wildman–Crippen LogP) is 3.56. The normalized spacial score (nSPS) is 14.4. The van der Waals surface area contributed by atoms with Crippen molar-refractivity contribution in [2.45, 2.75) is 59.2 Å². The molecule has 0 spiro atoms. The standard InChI is InChI=1S/C17H28N2O2/c1-12-7-9-15(10-8-12)14(3)18-11-13(2)19-16(20)21-17(4,5)6/h7-10,13-14,18H,11H2,1-6H3,(H,19,20). The highest BCUT2D eigenvalue weighted by molar-refractivity contribution is 5.68. The maximum Gasteiger partial charge on any atom is 0.407 e. The quantitative estimate of drug-likeness (QED) is 0.872. The zero-order valence-corrected chi connectivity index (χ0v) is 14.0. The van der Waals surface area contributed by atoms with Crippen molar-refractivity contribution in [3.05, 3.63) is 35.4 Å². The van der Waals surface area contributed by atoms with Gasteiger partial charge in [0.15, 0.2) is 0 Å². The van der Waals surface area contributed by atoms with Crippen molar-refractivity contribution >= 4 is 6.09 Å². The van der Waals surface area contributed by atoms with E-state index in [1.54, 1.807) is 0 Å². The summed E-state index contributed by atoms with van der Waals surface area (Å²) in [6.07, 6.45) is -0.375. The van der Waals surface area contributed by atoms with Crippen molar-refractivity contribution in [3.63, 3.8) is 0 Å². The molecule has 0 aliphatic rings. The van der Waals surface area contributed by atoms with E-state index in [1.807, 2.05) is 27.7 Å². The van der Waals surface area contributed by atoms with Crippen LogP contribution < -0.4 is 10.6 Å². The summed E-state index contributed by atoms with van der Waals surface area (Å²) in [5.74, 6) is 0. The molecule has 0 saturated carbocycles. The minimum atomic E-state index is -0.466. The molecule has 0 heterocycles. The average Bonchev–Trinajstić information content (AvgIpc) is 2.34. The van der Waals surface area contributed by atoms with Gasteiger partial charge < -0.3 is 15.4 Å². The number of aryl methyl sites for hydroxylation is 1. The van der Waals surface area contributed by atoms with Crippen molar-refractivity contribution in [2.75, 3.05) is 6.54 Å². The number of hydrogen-bond acceptors (Lipinski definition) is 3. The maximum atomic E-state index is 11.7. The van der Waals surface area contributed by atoms with E-state index in [2.05, 4.69) is 48.7 Å². The monoisotopic (exact) mass is 292 g/mol. The third kappa shape index (κ3) is 7.14. The van der Waals surface area contributed by atoms with Gasteiger partial charge in [-0.2, -0.15) is 0 Å². The summed E-state index contributed by atoms with van der Waals surface area (Å²) in [5, 5.41) is 6.24. The van der Waals surface area contributed by atoms with Gasteiger partial charge in [0.1, 0.15) is 5.60 Å². The number of nitrogens with one attached hydrogen (secondary N) is 2. The molecule has 0 bridgehead atoms. The van der Waals surface area contributed by atoms with E-state index in [0.717, 1.165) is 0 Å². The molecule has 21 heavy (non-hydrogen) atoms. The van der Waals surface area contributed by atoms with Crippen molar-refractivity contribution in [1.29, 1.82) is 0 Å². The summed E-state index contributed by atoms with van der Waals surface area (Å²) in [6.45, 7) is 12.4. The van der Waals surface area contributed by atoms with E-state index < -0.39 is 5.60 Å². The summed E-state index contributed by atoms with van der Waals surface area (Å²) in [7, 11) is 0. The number of amides is 1. The molecule has 0 aliphatic heterocycles. The summed E-state index contributed by atoms with van der Waals surface area (Å²) in [5.41, 5.74) is 2.03. The summed E-state index contributed by atoms with van der Waals surface area (Å²) >= 11 is 0. The largest absolute Gasteiger partial charge is 0.444 e. The fourth-order valence-corrected chi connectivity index (χ4v) is 1.89. The first-order valence-electron chi connectivity index (χ1n) is 7.47. The second-order valence-electron chi connectivity index (χ2n) is 6.59. The van der Waals surface area contributed by atoms with Gasteiger partial charge in [0.2, 0.25) is 0 Å². The molecule has 0 fully saturated rings. The Morgan fingerprint density at radius 3 is 2.29 bits per heavy atom. The van der Waals surface area contributed by atoms with Crippen LogP contribution in [0.3, 0.4) is 0 Å². The first kappa shape index (κ1) is 17.5. The lowest BCUT2D eigenvalue weighted by molar-refractivity contribution is 0.0507. The van der Waals surface area contributed by atoms with E-state index in [-0.39, 0.29) is 18.2 Å². The molecule has 4 nitrogen and oxygen atoms in total. The van der Waals surface area contributed by atoms with Crippen molar-refractivity contribution in [2.24, 2.45) is 0 Å². The Bertz CT molecular complexity index is 449. The summed E-state index contributed by atoms with van der Waals surface area (Å²) < 4.78 is 5.24. The van der Waals surface area contributed by atoms with Crippen LogP contribution in [-0.2, 0) is 4.74 Å². The van der Waals surface area contributed by atoms with Crippen LogP contribution in [0.1, 0.15) is 51.8 Å². The fraction of sp³-hybridized carbons (Fsp3) is 0.588. The lowest BCUT2D eigenvalue weighted by Crippen LogP contribution is -2.43. The molecule has 1 aromatic rings. The molecule has 0 saturated heterocycles. The molecule has 1 aromatic carbocycles. The molecule has 0 aromatic heterocycles. The van der Waals surface area contributed by atoms with E-state index >= 15 is 0 Å². The first-order valence-corrected chi connectivity index (χ1v) is 7.47. The molecule has 2 unspecified atom stereocenters. The molecule has 1 amide bonds. The van der Waals surface area contributed by atoms with Gasteiger partial charge in [-0.25, -0.2) is 4.79 Å². The Hall–Kier alpha value is -1.55. The third-order valence-corrected chi connectivity index (χ3v) is 3.07. The van der Waals surface area contributed by atoms with E-state index in [9.17, 15) is 4.79 Å². The number of alkyl carbamates (subject to hydrolysis) is 1. The molecule has 2 atom stereocenters. The number of ether oxygens (including phenoxy) is 1. The Kier molecular flexibility index (Phi) is 6.21. The smallest absolute Gasteiger partial charge is 0.407 e. The van der Waals surface area contributed by atoms with Gasteiger partial charge in [-0.1, -0.05) is 29.8 Å². The molecule has 2 N–H and O–H groups in total. The van der Waals surface area contributed by atoms with Gasteiger partial charge >= 0.3 is 6.09 Å². The summed E-state index contributed by atoms with van der Waals surface area (Å²) in [4.78, 5) is 11.7. The van der Waals surface area contributed by atoms with Crippen LogP contribution in [0.2, 0.25) is 0 Å². The molecule has 4 heteroatoms. The highest BCUT2D eigenvalue weighted by Gasteiger charge is 2.17. The molecular weight excluding hydrogens is 264 g/mol. The second-order valence-corrected chi connectivity index (χ2v) is 6.59. The number of carbonyl (C=O) groups excluding carboxylic acids is 1. The number of rotatable bonds is 5. The Morgan fingerprint density at radius 1 is 1.19 bits per heavy atom. The maximum absolute atomic E-state index is 11.7. The molecular formula is C17H28N2O2. The van der Waals surface area contributed by atoms with Gasteiger partial charge in [0.25, 0.3) is 0 Å². The number of carbonyl (C=O) groups is 1. The van der Waals surface area contributed by atoms with E-state index in [0.29, 0.717) is 6.54 Å². The van der Waals surface area contributed by atoms with Crippen LogP contribution in [0, 0.1) is 6.92 Å². The number of benzene rings is 1. The highest BCUT2D eigenvalue weighted by atomic mass is 16.6. The molecule has 0 radical (unpaired) electrons. The van der Waals surface area contributed by atoms with Crippen LogP contribution in [0.4, 0.5) is 4.79 Å². The molecule has 1 rings (SSSR count). The Balaban J connectivity index is 2.37. The topological polar surface area (TPSA) is 50.4 Å². The van der Waals surface area contributed by atoms with Crippen LogP contribution in [0.5, 0.6) is 0 Å². The van der Waals surface area contributed by atoms with Crippen LogP contribution in [-0.4, -0.2) is 24.3 Å². The molecule has 118 valence electrons. The van der Waals surface area contributed by atoms with Gasteiger partial charge in [0.05, 0.1) is 0 Å². The van der Waals surface area contributed by atoms with E-state index in [1.165, 1.54) is 11.1 Å². The zero-order chi connectivity index (χ0) is 16.0. The number of hydrogen-bond donors (Lipinski definition) is 2. The highest BCUT2D eigenvalue weighted by Crippen LogP contribution is 2.13. The average molecular weight is 292 g/mol. The second kappa shape index (κ2) is 7.46. The van der Waals surface area contributed by atoms with Gasteiger partial charge in [-0.15, -0.1) is 0 Å². The SMILES string of the molecule is Cc1ccc(C(C)NCC(C)NC(=O)OC(C)(C)C)cc1. The summed E-state index contributed by atoms with van der Waals surface area (Å²) in [6, 6.07) is 8.71. The van der Waals surface area contributed by atoms with Crippen LogP contribution in [0.25, 0.3) is 0 Å². The Morgan fingerprint density at radius 2 is 1.76 bits per heavy atom. The lowest BCUT2D eigenvalue weighted by atomic mass is 10.1. The minimum absolute atomic E-state index is 0.00717. The van der Waals surface area contributed by atoms with Crippen LogP contribution in [0.15, 0.2) is 24.3 Å². The van der Waals surface area contributed by atoms with E-state index in [4.69, 9.17) is 4.74 Å². The lowest BCUT2D eigenvalue weighted by Gasteiger charge is -2.23. The van der Waals surface area contributed by atoms with Crippen molar-refractivity contribution < 1.29 is 9.53 Å². The Labute approximate surface area is 128 Å². The van der Waals surface area contributed by atoms with Gasteiger partial charge in [-0.3, -0.25) is 0 Å². The minimum Gasteiger partial charge on any atom is -0.444 e.